The lowest BCUT2D eigenvalue weighted by molar-refractivity contribution is -0.179. The highest BCUT2D eigenvalue weighted by molar-refractivity contribution is 7.79. The van der Waals surface area contributed by atoms with Crippen molar-refractivity contribution in [2.24, 2.45) is 0 Å². The van der Waals surface area contributed by atoms with Crippen molar-refractivity contribution in [3.8, 4) is 0 Å². The minimum atomic E-state index is -0.586. The van der Waals surface area contributed by atoms with Crippen LogP contribution in [0.3, 0.4) is 0 Å². The van der Waals surface area contributed by atoms with Gasteiger partial charge in [0.1, 0.15) is 0 Å². The van der Waals surface area contributed by atoms with Crippen LogP contribution in [-0.4, -0.2) is 19.0 Å². The molecule has 232 valence electrons. The third-order valence-corrected chi connectivity index (χ3v) is 11.1. The van der Waals surface area contributed by atoms with Crippen molar-refractivity contribution in [2.45, 2.75) is 123 Å². The van der Waals surface area contributed by atoms with Crippen molar-refractivity contribution < 1.29 is 9.47 Å². The van der Waals surface area contributed by atoms with Gasteiger partial charge in [0.2, 0.25) is 0 Å². The average molecular weight is 599 g/mol. The molecule has 1 heterocycles. The Morgan fingerprint density at radius 3 is 2.07 bits per heavy atom. The summed E-state index contributed by atoms with van der Waals surface area (Å²) in [5, 5.41) is 4.32. The number of allylic oxidation sites excluding steroid dienone is 1. The lowest BCUT2D eigenvalue weighted by atomic mass is 10.0. The van der Waals surface area contributed by atoms with Gasteiger partial charge in [0.15, 0.2) is 6.29 Å². The van der Waals surface area contributed by atoms with Crippen LogP contribution in [0.5, 0.6) is 0 Å². The third kappa shape index (κ3) is 12.0. The summed E-state index contributed by atoms with van der Waals surface area (Å²) in [5.74, 6) is 0. The number of hydrogen-bond acceptors (Lipinski definition) is 2. The van der Waals surface area contributed by atoms with Gasteiger partial charge in [0, 0.05) is 6.61 Å². The van der Waals surface area contributed by atoms with Gasteiger partial charge < -0.3 is 9.47 Å². The minimum Gasteiger partial charge on any atom is -0.353 e. The number of aryl methyl sites for hydroxylation is 1. The van der Waals surface area contributed by atoms with E-state index in [1.807, 2.05) is 0 Å². The molecule has 0 aromatic heterocycles. The highest BCUT2D eigenvalue weighted by Gasteiger charge is 2.20. The largest absolute Gasteiger partial charge is 0.353 e. The second-order valence-corrected chi connectivity index (χ2v) is 14.4. The van der Waals surface area contributed by atoms with E-state index in [2.05, 4.69) is 105 Å². The number of unbranched alkanes of at least 4 members (excludes halogenated alkanes) is 7. The smallest absolute Gasteiger partial charge is 0.158 e. The summed E-state index contributed by atoms with van der Waals surface area (Å²) < 4.78 is 12.5. The molecule has 0 amide bonds. The molecule has 0 N–H and O–H groups in total. The quantitative estimate of drug-likeness (QED) is 0.0777. The minimum absolute atomic E-state index is 0.0288. The molecule has 0 spiro atoms. The highest BCUT2D eigenvalue weighted by atomic mass is 31.1. The van der Waals surface area contributed by atoms with Gasteiger partial charge in [0.05, 0.1) is 6.10 Å². The first kappa shape index (κ1) is 33.6. The van der Waals surface area contributed by atoms with Crippen LogP contribution in [0.25, 0.3) is 0 Å². The van der Waals surface area contributed by atoms with Crippen LogP contribution in [0.4, 0.5) is 0 Å². The first-order chi connectivity index (χ1) is 21.2. The van der Waals surface area contributed by atoms with Gasteiger partial charge >= 0.3 is 0 Å². The summed E-state index contributed by atoms with van der Waals surface area (Å²) in [6.07, 6.45) is 21.2. The SMILES string of the molecule is CCCCCCCCCCC(C=C(C)CCCc1ccccc1P(c1ccccc1)c1ccccc1)OC1CCCCO1. The van der Waals surface area contributed by atoms with E-state index in [4.69, 9.17) is 9.47 Å². The third-order valence-electron chi connectivity index (χ3n) is 8.56. The highest BCUT2D eigenvalue weighted by Crippen LogP contribution is 2.34. The molecule has 2 nitrogen and oxygen atoms in total. The van der Waals surface area contributed by atoms with Gasteiger partial charge in [-0.1, -0.05) is 155 Å². The molecule has 0 bridgehead atoms. The zero-order valence-corrected chi connectivity index (χ0v) is 27.8. The summed E-state index contributed by atoms with van der Waals surface area (Å²) in [6, 6.07) is 31.3. The molecule has 1 aliphatic rings. The molecule has 2 atom stereocenters. The predicted octanol–water partition coefficient (Wildman–Crippen LogP) is 10.2. The maximum absolute atomic E-state index is 6.54. The average Bonchev–Trinajstić information content (AvgIpc) is 3.04. The van der Waals surface area contributed by atoms with Crippen LogP contribution in [0.2, 0.25) is 0 Å². The summed E-state index contributed by atoms with van der Waals surface area (Å²) >= 11 is 0. The molecule has 0 saturated carbocycles. The Balaban J connectivity index is 1.36. The molecule has 3 aromatic rings. The maximum atomic E-state index is 6.54. The molecule has 3 aromatic carbocycles. The molecule has 2 unspecified atom stereocenters. The van der Waals surface area contributed by atoms with E-state index in [-0.39, 0.29) is 12.4 Å². The predicted molar refractivity (Wildman–Crippen MR) is 188 cm³/mol. The monoisotopic (exact) mass is 598 g/mol. The summed E-state index contributed by atoms with van der Waals surface area (Å²) in [6.45, 7) is 5.43. The Morgan fingerprint density at radius 1 is 0.791 bits per heavy atom. The zero-order valence-electron chi connectivity index (χ0n) is 26.9. The van der Waals surface area contributed by atoms with Crippen molar-refractivity contribution in [3.05, 3.63) is 102 Å². The lowest BCUT2D eigenvalue weighted by Gasteiger charge is -2.27. The van der Waals surface area contributed by atoms with Crippen LogP contribution in [0.1, 0.15) is 109 Å². The molecule has 3 heteroatoms. The van der Waals surface area contributed by atoms with E-state index in [0.29, 0.717) is 0 Å². The van der Waals surface area contributed by atoms with Crippen molar-refractivity contribution in [1.82, 2.24) is 0 Å². The lowest BCUT2D eigenvalue weighted by Crippen LogP contribution is -2.27. The Labute approximate surface area is 264 Å². The van der Waals surface area contributed by atoms with Crippen LogP contribution in [-0.2, 0) is 15.9 Å². The van der Waals surface area contributed by atoms with E-state index in [0.717, 1.165) is 45.1 Å². The fraction of sp³-hybridized carbons (Fsp3) is 0.500. The topological polar surface area (TPSA) is 18.5 Å². The number of rotatable bonds is 19. The molecule has 1 fully saturated rings. The maximum Gasteiger partial charge on any atom is 0.158 e. The summed E-state index contributed by atoms with van der Waals surface area (Å²) in [5.41, 5.74) is 2.93. The fourth-order valence-corrected chi connectivity index (χ4v) is 8.67. The van der Waals surface area contributed by atoms with E-state index in [1.54, 1.807) is 0 Å². The molecule has 0 aliphatic carbocycles. The number of benzene rings is 3. The van der Waals surface area contributed by atoms with E-state index in [9.17, 15) is 0 Å². The van der Waals surface area contributed by atoms with Gasteiger partial charge in [-0.15, -0.1) is 0 Å². The second-order valence-electron chi connectivity index (χ2n) is 12.2. The molecule has 0 radical (unpaired) electrons. The zero-order chi connectivity index (χ0) is 30.0. The van der Waals surface area contributed by atoms with Crippen molar-refractivity contribution in [1.29, 1.82) is 0 Å². The molecule has 1 saturated heterocycles. The molecular formula is C40H55O2P. The van der Waals surface area contributed by atoms with E-state index >= 15 is 0 Å². The van der Waals surface area contributed by atoms with Crippen LogP contribution in [0, 0.1) is 0 Å². The Hall–Kier alpha value is -2.25. The normalized spacial score (nSPS) is 16.4. The van der Waals surface area contributed by atoms with E-state index < -0.39 is 7.92 Å². The van der Waals surface area contributed by atoms with Crippen LogP contribution in [0.15, 0.2) is 96.6 Å². The van der Waals surface area contributed by atoms with Gasteiger partial charge in [-0.3, -0.25) is 0 Å². The summed E-state index contributed by atoms with van der Waals surface area (Å²) in [4.78, 5) is 0. The fourth-order valence-electron chi connectivity index (χ4n) is 6.16. The Bertz CT molecular complexity index is 1130. The second kappa shape index (κ2) is 19.9. The van der Waals surface area contributed by atoms with E-state index in [1.165, 1.54) is 84.8 Å². The van der Waals surface area contributed by atoms with Crippen LogP contribution < -0.4 is 15.9 Å². The standard InChI is InChI=1S/C40H55O2P/c1-3-4-5-6-7-8-9-12-25-36(42-40-31-19-20-32-41-40)33-34(2)22-21-24-35-23-17-18-30-39(35)43(37-26-13-10-14-27-37)38-28-15-11-16-29-38/h10-11,13-18,23,26-30,33,36,40H,3-9,12,19-22,24-25,31-32H2,1-2H3. The van der Waals surface area contributed by atoms with Gasteiger partial charge in [-0.25, -0.2) is 0 Å². The number of hydrogen-bond donors (Lipinski definition) is 0. The summed E-state index contributed by atoms with van der Waals surface area (Å²) in [7, 11) is -0.586. The molecule has 1 aliphatic heterocycles. The van der Waals surface area contributed by atoms with Gasteiger partial charge in [-0.05, 0) is 81.3 Å². The number of ether oxygens (including phenoxy) is 2. The first-order valence-electron chi connectivity index (χ1n) is 17.2. The van der Waals surface area contributed by atoms with Gasteiger partial charge in [-0.2, -0.15) is 0 Å². The first-order valence-corrected chi connectivity index (χ1v) is 18.5. The van der Waals surface area contributed by atoms with Crippen molar-refractivity contribution >= 4 is 23.8 Å². The molecule has 4 rings (SSSR count). The molecule has 43 heavy (non-hydrogen) atoms. The van der Waals surface area contributed by atoms with Crippen molar-refractivity contribution in [2.75, 3.05) is 6.61 Å². The van der Waals surface area contributed by atoms with Crippen molar-refractivity contribution in [3.63, 3.8) is 0 Å². The molecular weight excluding hydrogens is 543 g/mol. The Kier molecular flexibility index (Phi) is 15.6. The Morgan fingerprint density at radius 2 is 1.42 bits per heavy atom. The van der Waals surface area contributed by atoms with Crippen LogP contribution >= 0.6 is 7.92 Å². The van der Waals surface area contributed by atoms with Gasteiger partial charge in [0.25, 0.3) is 0 Å².